The van der Waals surface area contributed by atoms with Gasteiger partial charge in [0.1, 0.15) is 11.5 Å². The molecule has 0 aromatic heterocycles. The van der Waals surface area contributed by atoms with Gasteiger partial charge in [-0.05, 0) is 78.3 Å². The van der Waals surface area contributed by atoms with Crippen molar-refractivity contribution in [3.63, 3.8) is 0 Å². The van der Waals surface area contributed by atoms with Gasteiger partial charge in [-0.1, -0.05) is 83.1 Å². The van der Waals surface area contributed by atoms with Gasteiger partial charge in [-0.2, -0.15) is 0 Å². The Hall–Kier alpha value is -1.96. The van der Waals surface area contributed by atoms with Gasteiger partial charge < -0.3 is 10.2 Å². The minimum absolute atomic E-state index is 0.122. The molecule has 0 atom stereocenters. The molecule has 2 saturated carbocycles. The van der Waals surface area contributed by atoms with Gasteiger partial charge in [0.25, 0.3) is 0 Å². The predicted octanol–water partition coefficient (Wildman–Crippen LogP) is 8.30. The van der Waals surface area contributed by atoms with E-state index in [2.05, 4.69) is 38.1 Å². The van der Waals surface area contributed by atoms with Crippen LogP contribution in [0.5, 0.6) is 11.5 Å². The van der Waals surface area contributed by atoms with Gasteiger partial charge in [0.05, 0.1) is 0 Å². The first-order valence-corrected chi connectivity index (χ1v) is 12.7. The number of rotatable bonds is 6. The number of hydrogen-bond donors (Lipinski definition) is 2. The summed E-state index contributed by atoms with van der Waals surface area (Å²) in [6.45, 7) is 4.60. The summed E-state index contributed by atoms with van der Waals surface area (Å²) in [4.78, 5) is 0. The normalized spacial score (nSPS) is 18.9. The molecule has 0 amide bonds. The van der Waals surface area contributed by atoms with Crippen molar-refractivity contribution in [2.24, 2.45) is 0 Å². The van der Waals surface area contributed by atoms with Crippen molar-refractivity contribution in [1.82, 2.24) is 0 Å². The molecule has 0 bridgehead atoms. The Morgan fingerprint density at radius 2 is 1.13 bits per heavy atom. The van der Waals surface area contributed by atoms with E-state index in [-0.39, 0.29) is 5.41 Å². The van der Waals surface area contributed by atoms with Gasteiger partial charge in [-0.3, -0.25) is 0 Å². The Morgan fingerprint density at radius 1 is 0.710 bits per heavy atom. The van der Waals surface area contributed by atoms with Crippen LogP contribution in [0.25, 0.3) is 0 Å². The molecule has 4 rings (SSSR count). The standard InChI is InChI=1S/C29H40O2/c1-3-18-29(2,23-14-16-27(30)25(19-23)21-10-6-4-7-11-21)24-15-17-28(31)26(20-24)22-12-8-5-9-13-22/h14-17,19-22,30-31H,3-13,18H2,1-2H3. The van der Waals surface area contributed by atoms with E-state index in [9.17, 15) is 10.2 Å². The number of phenolic OH excluding ortho intramolecular Hbond substituents is 2. The lowest BCUT2D eigenvalue weighted by Gasteiger charge is -2.34. The molecular formula is C29H40O2. The van der Waals surface area contributed by atoms with Gasteiger partial charge in [-0.25, -0.2) is 0 Å². The third kappa shape index (κ3) is 4.64. The minimum atomic E-state index is -0.122. The molecule has 2 heteroatoms. The van der Waals surface area contributed by atoms with Crippen LogP contribution < -0.4 is 0 Å². The molecule has 2 aromatic rings. The molecule has 0 unspecified atom stereocenters. The van der Waals surface area contributed by atoms with Gasteiger partial charge in [-0.15, -0.1) is 0 Å². The fraction of sp³-hybridized carbons (Fsp3) is 0.586. The summed E-state index contributed by atoms with van der Waals surface area (Å²) in [5.41, 5.74) is 4.76. The van der Waals surface area contributed by atoms with Gasteiger partial charge in [0, 0.05) is 5.41 Å². The highest BCUT2D eigenvalue weighted by Crippen LogP contribution is 2.45. The number of benzene rings is 2. The molecule has 0 radical (unpaired) electrons. The Kier molecular flexibility index (Phi) is 6.94. The maximum absolute atomic E-state index is 10.7. The van der Waals surface area contributed by atoms with Gasteiger partial charge >= 0.3 is 0 Å². The average Bonchev–Trinajstić information content (AvgIpc) is 2.81. The number of aromatic hydroxyl groups is 2. The number of hydrogen-bond acceptors (Lipinski definition) is 2. The zero-order valence-electron chi connectivity index (χ0n) is 19.5. The molecule has 2 aliphatic carbocycles. The molecule has 0 heterocycles. The lowest BCUT2D eigenvalue weighted by Crippen LogP contribution is -2.24. The monoisotopic (exact) mass is 420 g/mol. The van der Waals surface area contributed by atoms with Crippen LogP contribution in [0.2, 0.25) is 0 Å². The molecule has 31 heavy (non-hydrogen) atoms. The smallest absolute Gasteiger partial charge is 0.119 e. The van der Waals surface area contributed by atoms with Crippen LogP contribution in [-0.4, -0.2) is 10.2 Å². The SMILES string of the molecule is CCCC(C)(c1ccc(O)c(C2CCCCC2)c1)c1ccc(O)c(C2CCCCC2)c1. The maximum Gasteiger partial charge on any atom is 0.119 e. The average molecular weight is 421 g/mol. The summed E-state index contributed by atoms with van der Waals surface area (Å²) in [5, 5.41) is 21.3. The zero-order chi connectivity index (χ0) is 21.8. The fourth-order valence-electron chi connectivity index (χ4n) is 6.23. The summed E-state index contributed by atoms with van der Waals surface area (Å²) in [6, 6.07) is 12.7. The van der Waals surface area contributed by atoms with Crippen LogP contribution >= 0.6 is 0 Å². The highest BCUT2D eigenvalue weighted by molar-refractivity contribution is 5.49. The van der Waals surface area contributed by atoms with Crippen LogP contribution in [0.15, 0.2) is 36.4 Å². The Labute approximate surface area is 188 Å². The van der Waals surface area contributed by atoms with Gasteiger partial charge in [0.15, 0.2) is 0 Å². The first-order valence-electron chi connectivity index (χ1n) is 12.7. The van der Waals surface area contributed by atoms with E-state index in [0.29, 0.717) is 23.3 Å². The zero-order valence-corrected chi connectivity index (χ0v) is 19.5. The van der Waals surface area contributed by atoms with Crippen LogP contribution in [0, 0.1) is 0 Å². The van der Waals surface area contributed by atoms with Crippen molar-refractivity contribution < 1.29 is 10.2 Å². The molecule has 2 aromatic carbocycles. The molecule has 2 fully saturated rings. The molecule has 2 N–H and O–H groups in total. The van der Waals surface area contributed by atoms with Crippen molar-refractivity contribution in [2.45, 2.75) is 108 Å². The van der Waals surface area contributed by atoms with E-state index in [4.69, 9.17) is 0 Å². The topological polar surface area (TPSA) is 40.5 Å². The van der Waals surface area contributed by atoms with E-state index in [1.165, 1.54) is 75.3 Å². The largest absolute Gasteiger partial charge is 0.508 e. The van der Waals surface area contributed by atoms with Crippen LogP contribution in [-0.2, 0) is 5.41 Å². The van der Waals surface area contributed by atoms with Crippen molar-refractivity contribution in [2.75, 3.05) is 0 Å². The predicted molar refractivity (Wildman–Crippen MR) is 129 cm³/mol. The summed E-state index contributed by atoms with van der Waals surface area (Å²) in [7, 11) is 0. The van der Waals surface area contributed by atoms with Crippen molar-refractivity contribution >= 4 is 0 Å². The lowest BCUT2D eigenvalue weighted by atomic mass is 9.70. The summed E-state index contributed by atoms with van der Waals surface area (Å²) in [5.74, 6) is 1.89. The molecule has 0 saturated heterocycles. The van der Waals surface area contributed by atoms with Crippen molar-refractivity contribution in [1.29, 1.82) is 0 Å². The molecule has 0 spiro atoms. The van der Waals surface area contributed by atoms with E-state index in [1.807, 2.05) is 12.1 Å². The summed E-state index contributed by atoms with van der Waals surface area (Å²) < 4.78 is 0. The minimum Gasteiger partial charge on any atom is -0.508 e. The molecule has 2 nitrogen and oxygen atoms in total. The summed E-state index contributed by atoms with van der Waals surface area (Å²) in [6.07, 6.45) is 14.6. The Bertz CT molecular complexity index is 805. The van der Waals surface area contributed by atoms with E-state index < -0.39 is 0 Å². The van der Waals surface area contributed by atoms with E-state index in [1.54, 1.807) is 0 Å². The third-order valence-electron chi connectivity index (χ3n) is 8.17. The lowest BCUT2D eigenvalue weighted by molar-refractivity contribution is 0.410. The quantitative estimate of drug-likeness (QED) is 0.493. The first kappa shape index (κ1) is 22.2. The maximum atomic E-state index is 10.7. The molecule has 168 valence electrons. The van der Waals surface area contributed by atoms with E-state index in [0.717, 1.165) is 24.0 Å². The molecular weight excluding hydrogens is 380 g/mol. The van der Waals surface area contributed by atoms with Gasteiger partial charge in [0.2, 0.25) is 0 Å². The highest BCUT2D eigenvalue weighted by Gasteiger charge is 2.31. The highest BCUT2D eigenvalue weighted by atomic mass is 16.3. The molecule has 2 aliphatic rings. The first-order chi connectivity index (χ1) is 15.0. The Morgan fingerprint density at radius 3 is 1.52 bits per heavy atom. The second-order valence-corrected chi connectivity index (χ2v) is 10.3. The van der Waals surface area contributed by atoms with Crippen LogP contribution in [0.4, 0.5) is 0 Å². The Balaban J connectivity index is 1.74. The molecule has 0 aliphatic heterocycles. The van der Waals surface area contributed by atoms with E-state index >= 15 is 0 Å². The van der Waals surface area contributed by atoms with Crippen molar-refractivity contribution in [3.05, 3.63) is 58.7 Å². The second kappa shape index (κ2) is 9.67. The number of phenols is 2. The van der Waals surface area contributed by atoms with Crippen molar-refractivity contribution in [3.8, 4) is 11.5 Å². The second-order valence-electron chi connectivity index (χ2n) is 10.3. The third-order valence-corrected chi connectivity index (χ3v) is 8.17. The fourth-order valence-corrected chi connectivity index (χ4v) is 6.23. The van der Waals surface area contributed by atoms with Crippen LogP contribution in [0.1, 0.15) is 125 Å². The van der Waals surface area contributed by atoms with Crippen LogP contribution in [0.3, 0.4) is 0 Å². The summed E-state index contributed by atoms with van der Waals surface area (Å²) >= 11 is 0.